The summed E-state index contributed by atoms with van der Waals surface area (Å²) in [5.74, 6) is 1.06. The maximum absolute atomic E-state index is 9.16. The average molecular weight is 350 g/mol. The molecule has 5 nitrogen and oxygen atoms in total. The van der Waals surface area contributed by atoms with E-state index in [1.54, 1.807) is 0 Å². The first-order chi connectivity index (χ1) is 12.8. The number of fused-ring (bicyclic) bond motifs is 1. The van der Waals surface area contributed by atoms with Gasteiger partial charge in [-0.3, -0.25) is 4.90 Å². The van der Waals surface area contributed by atoms with Crippen LogP contribution in [0.25, 0.3) is 11.0 Å². The number of piperazine rings is 1. The van der Waals surface area contributed by atoms with Crippen LogP contribution in [0.5, 0.6) is 0 Å². The van der Waals surface area contributed by atoms with Crippen molar-refractivity contribution < 1.29 is 5.11 Å². The molecule has 2 aromatic carbocycles. The van der Waals surface area contributed by atoms with Gasteiger partial charge in [-0.15, -0.1) is 0 Å². The fraction of sp³-hybridized carbons (Fsp3) is 0.381. The molecule has 0 spiro atoms. The summed E-state index contributed by atoms with van der Waals surface area (Å²) in [4.78, 5) is 9.72. The Balaban J connectivity index is 1.69. The van der Waals surface area contributed by atoms with Gasteiger partial charge in [-0.1, -0.05) is 42.5 Å². The van der Waals surface area contributed by atoms with Crippen LogP contribution in [0.3, 0.4) is 0 Å². The van der Waals surface area contributed by atoms with E-state index in [4.69, 9.17) is 10.1 Å². The van der Waals surface area contributed by atoms with Gasteiger partial charge in [0.15, 0.2) is 0 Å². The summed E-state index contributed by atoms with van der Waals surface area (Å²) in [6, 6.07) is 17.0. The van der Waals surface area contributed by atoms with E-state index < -0.39 is 0 Å². The molecule has 0 radical (unpaired) electrons. The first-order valence-corrected chi connectivity index (χ1v) is 9.34. The van der Waals surface area contributed by atoms with Crippen LogP contribution in [0.4, 0.5) is 5.95 Å². The number of aliphatic hydroxyl groups excluding tert-OH is 1. The predicted octanol–water partition coefficient (Wildman–Crippen LogP) is 2.51. The molecular weight excluding hydrogens is 324 g/mol. The second-order valence-corrected chi connectivity index (χ2v) is 6.98. The quantitative estimate of drug-likeness (QED) is 0.768. The monoisotopic (exact) mass is 350 g/mol. The summed E-state index contributed by atoms with van der Waals surface area (Å²) in [5.41, 5.74) is 4.79. The Morgan fingerprint density at radius 3 is 2.46 bits per heavy atom. The Kier molecular flexibility index (Phi) is 4.91. The number of aliphatic hydroxyl groups is 1. The lowest BCUT2D eigenvalue weighted by atomic mass is 10.2. The summed E-state index contributed by atoms with van der Waals surface area (Å²) in [7, 11) is 0. The molecule has 0 saturated carbocycles. The largest absolute Gasteiger partial charge is 0.395 e. The van der Waals surface area contributed by atoms with Crippen LogP contribution in [-0.2, 0) is 6.54 Å². The zero-order valence-electron chi connectivity index (χ0n) is 15.3. The molecule has 1 N–H and O–H groups in total. The van der Waals surface area contributed by atoms with E-state index >= 15 is 0 Å². The van der Waals surface area contributed by atoms with Gasteiger partial charge >= 0.3 is 0 Å². The van der Waals surface area contributed by atoms with Crippen molar-refractivity contribution in [2.45, 2.75) is 13.5 Å². The lowest BCUT2D eigenvalue weighted by Gasteiger charge is -2.35. The van der Waals surface area contributed by atoms with Crippen molar-refractivity contribution in [2.75, 3.05) is 44.2 Å². The first-order valence-electron chi connectivity index (χ1n) is 9.34. The van der Waals surface area contributed by atoms with Crippen LogP contribution < -0.4 is 4.90 Å². The molecule has 1 aromatic heterocycles. The molecule has 0 amide bonds. The average Bonchev–Trinajstić information content (AvgIpc) is 3.03. The highest BCUT2D eigenvalue weighted by molar-refractivity contribution is 5.82. The maximum atomic E-state index is 9.16. The lowest BCUT2D eigenvalue weighted by molar-refractivity contribution is 0.188. The highest BCUT2D eigenvalue weighted by Gasteiger charge is 2.22. The Bertz CT molecular complexity index is 866. The van der Waals surface area contributed by atoms with Crippen LogP contribution in [0, 0.1) is 6.92 Å². The number of β-amino-alcohol motifs (C(OH)–C–C–N with tert-alkyl or cyclic N) is 1. The Morgan fingerprint density at radius 2 is 1.73 bits per heavy atom. The van der Waals surface area contributed by atoms with Gasteiger partial charge in [0.05, 0.1) is 24.2 Å². The topological polar surface area (TPSA) is 44.5 Å². The Hall–Kier alpha value is -2.37. The summed E-state index contributed by atoms with van der Waals surface area (Å²) in [6.07, 6.45) is 0. The lowest BCUT2D eigenvalue weighted by Crippen LogP contribution is -2.48. The number of anilines is 1. The molecule has 3 aromatic rings. The zero-order valence-corrected chi connectivity index (χ0v) is 15.3. The van der Waals surface area contributed by atoms with Gasteiger partial charge in [0.1, 0.15) is 0 Å². The standard InChI is InChI=1S/C21H26N4O/c1-17-6-5-9-19-20(17)22-21(24-12-10-23(11-13-24)14-15-26)25(19)16-18-7-3-2-4-8-18/h2-9,26H,10-16H2,1H3. The fourth-order valence-electron chi connectivity index (χ4n) is 3.75. The second-order valence-electron chi connectivity index (χ2n) is 6.98. The minimum Gasteiger partial charge on any atom is -0.395 e. The highest BCUT2D eigenvalue weighted by Crippen LogP contribution is 2.27. The Morgan fingerprint density at radius 1 is 0.962 bits per heavy atom. The van der Waals surface area contributed by atoms with Gasteiger partial charge in [0.25, 0.3) is 0 Å². The summed E-state index contributed by atoms with van der Waals surface area (Å²) in [6.45, 7) is 7.76. The minimum absolute atomic E-state index is 0.228. The van der Waals surface area contributed by atoms with Gasteiger partial charge in [0.2, 0.25) is 5.95 Å². The van der Waals surface area contributed by atoms with Crippen molar-refractivity contribution in [3.05, 3.63) is 59.7 Å². The zero-order chi connectivity index (χ0) is 17.9. The molecule has 1 fully saturated rings. The van der Waals surface area contributed by atoms with E-state index in [2.05, 4.69) is 69.8 Å². The predicted molar refractivity (Wildman–Crippen MR) is 106 cm³/mol. The molecule has 0 aliphatic carbocycles. The Labute approximate surface area is 154 Å². The number of rotatable bonds is 5. The van der Waals surface area contributed by atoms with Gasteiger partial charge in [-0.25, -0.2) is 4.98 Å². The third-order valence-electron chi connectivity index (χ3n) is 5.22. The third kappa shape index (κ3) is 3.32. The van der Waals surface area contributed by atoms with E-state index in [0.717, 1.165) is 50.7 Å². The number of imidazole rings is 1. The molecule has 4 rings (SSSR count). The molecule has 0 atom stereocenters. The van der Waals surface area contributed by atoms with E-state index in [9.17, 15) is 0 Å². The van der Waals surface area contributed by atoms with Crippen LogP contribution in [0.1, 0.15) is 11.1 Å². The molecule has 5 heteroatoms. The second kappa shape index (κ2) is 7.48. The third-order valence-corrected chi connectivity index (χ3v) is 5.22. The van der Waals surface area contributed by atoms with Crippen molar-refractivity contribution in [2.24, 2.45) is 0 Å². The number of para-hydroxylation sites is 1. The number of hydrogen-bond donors (Lipinski definition) is 1. The van der Waals surface area contributed by atoms with Crippen molar-refractivity contribution in [3.63, 3.8) is 0 Å². The van der Waals surface area contributed by atoms with Gasteiger partial charge in [-0.2, -0.15) is 0 Å². The molecule has 136 valence electrons. The van der Waals surface area contributed by atoms with Crippen molar-refractivity contribution >= 4 is 17.0 Å². The summed E-state index contributed by atoms with van der Waals surface area (Å²) in [5, 5.41) is 9.16. The molecule has 0 bridgehead atoms. The van der Waals surface area contributed by atoms with Crippen LogP contribution in [0.2, 0.25) is 0 Å². The molecule has 0 unspecified atom stereocenters. The number of nitrogens with zero attached hydrogens (tertiary/aromatic N) is 4. The highest BCUT2D eigenvalue weighted by atomic mass is 16.3. The number of aryl methyl sites for hydroxylation is 1. The van der Waals surface area contributed by atoms with E-state index in [1.165, 1.54) is 16.6 Å². The van der Waals surface area contributed by atoms with E-state index in [-0.39, 0.29) is 6.61 Å². The maximum Gasteiger partial charge on any atom is 0.206 e. The van der Waals surface area contributed by atoms with Crippen molar-refractivity contribution in [1.82, 2.24) is 14.5 Å². The number of hydrogen-bond acceptors (Lipinski definition) is 4. The minimum atomic E-state index is 0.228. The van der Waals surface area contributed by atoms with Gasteiger partial charge in [0, 0.05) is 32.7 Å². The first kappa shape index (κ1) is 17.1. The van der Waals surface area contributed by atoms with E-state index in [0.29, 0.717) is 0 Å². The van der Waals surface area contributed by atoms with Crippen LogP contribution in [-0.4, -0.2) is 58.9 Å². The molecule has 2 heterocycles. The smallest absolute Gasteiger partial charge is 0.206 e. The van der Waals surface area contributed by atoms with Crippen LogP contribution in [0.15, 0.2) is 48.5 Å². The fourth-order valence-corrected chi connectivity index (χ4v) is 3.75. The molecular formula is C21H26N4O. The SMILES string of the molecule is Cc1cccc2c1nc(N1CCN(CCO)CC1)n2Cc1ccccc1. The van der Waals surface area contributed by atoms with Crippen LogP contribution >= 0.6 is 0 Å². The van der Waals surface area contributed by atoms with Crippen molar-refractivity contribution in [3.8, 4) is 0 Å². The molecule has 26 heavy (non-hydrogen) atoms. The van der Waals surface area contributed by atoms with Gasteiger partial charge in [-0.05, 0) is 24.1 Å². The molecule has 1 saturated heterocycles. The summed E-state index contributed by atoms with van der Waals surface area (Å²) >= 11 is 0. The summed E-state index contributed by atoms with van der Waals surface area (Å²) < 4.78 is 2.35. The molecule has 1 aliphatic heterocycles. The van der Waals surface area contributed by atoms with Crippen molar-refractivity contribution in [1.29, 1.82) is 0 Å². The van der Waals surface area contributed by atoms with E-state index in [1.807, 2.05) is 0 Å². The number of aromatic nitrogens is 2. The van der Waals surface area contributed by atoms with Gasteiger partial charge < -0.3 is 14.6 Å². The molecule has 1 aliphatic rings. The normalized spacial score (nSPS) is 15.7. The number of benzene rings is 2.